The molecule has 34 heavy (non-hydrogen) atoms. The molecular weight excluding hydrogens is 426 g/mol. The Kier molecular flexibility index (Phi) is 6.17. The average molecular weight is 454 g/mol. The van der Waals surface area contributed by atoms with Gasteiger partial charge < -0.3 is 9.47 Å². The lowest BCUT2D eigenvalue weighted by Crippen LogP contribution is -2.40. The number of ether oxygens (including phenoxy) is 2. The van der Waals surface area contributed by atoms with Gasteiger partial charge in [0, 0.05) is 41.3 Å². The van der Waals surface area contributed by atoms with E-state index < -0.39 is 0 Å². The van der Waals surface area contributed by atoms with Crippen molar-refractivity contribution in [2.45, 2.75) is 38.5 Å². The number of Topliss-reactive ketones (excluding diaryl/α,β-unsaturated/α-hetero) is 1. The molecule has 1 aliphatic heterocycles. The minimum Gasteiger partial charge on any atom is -0.494 e. The predicted octanol–water partition coefficient (Wildman–Crippen LogP) is 6.41. The highest BCUT2D eigenvalue weighted by atomic mass is 16.5. The summed E-state index contributed by atoms with van der Waals surface area (Å²) in [6, 6.07) is 24.8. The Morgan fingerprint density at radius 2 is 1.56 bits per heavy atom. The van der Waals surface area contributed by atoms with Crippen molar-refractivity contribution in [3.8, 4) is 17.2 Å². The van der Waals surface area contributed by atoms with E-state index in [0.29, 0.717) is 25.2 Å². The Labute approximate surface area is 199 Å². The number of ketones is 1. The fourth-order valence-corrected chi connectivity index (χ4v) is 4.90. The van der Waals surface area contributed by atoms with Crippen molar-refractivity contribution in [2.75, 3.05) is 11.5 Å². The quantitative estimate of drug-likeness (QED) is 0.433. The summed E-state index contributed by atoms with van der Waals surface area (Å²) in [4.78, 5) is 28.4. The van der Waals surface area contributed by atoms with E-state index in [-0.39, 0.29) is 24.0 Å². The Bertz CT molecular complexity index is 1230. The van der Waals surface area contributed by atoms with E-state index in [1.54, 1.807) is 4.90 Å². The summed E-state index contributed by atoms with van der Waals surface area (Å²) in [6.45, 7) is 2.47. The van der Waals surface area contributed by atoms with Crippen LogP contribution in [-0.4, -0.2) is 18.3 Å². The molecule has 172 valence electrons. The van der Waals surface area contributed by atoms with E-state index in [1.807, 2.05) is 85.8 Å². The first-order valence-corrected chi connectivity index (χ1v) is 11.8. The highest BCUT2D eigenvalue weighted by molar-refractivity contribution is 6.07. The molecule has 0 spiro atoms. The van der Waals surface area contributed by atoms with E-state index >= 15 is 0 Å². The molecule has 1 aliphatic carbocycles. The standard InChI is InChI=1S/C29H27NO4/c1-2-33-27-14-7-6-11-23(27)24-19-28(32)30(25-12-8-13-26(31)29(24)25)20-15-17-22(18-16-20)34-21-9-4-3-5-10-21/h3-7,9-11,14-18,24H,2,8,12-13,19H2,1H3. The molecule has 1 atom stereocenters. The maximum Gasteiger partial charge on any atom is 0.232 e. The summed E-state index contributed by atoms with van der Waals surface area (Å²) in [5.74, 6) is 2.01. The lowest BCUT2D eigenvalue weighted by molar-refractivity contribution is -0.119. The number of allylic oxidation sites excluding steroid dienone is 2. The summed E-state index contributed by atoms with van der Waals surface area (Å²) < 4.78 is 11.7. The molecule has 0 radical (unpaired) electrons. The number of hydrogen-bond donors (Lipinski definition) is 0. The second kappa shape index (κ2) is 9.56. The van der Waals surface area contributed by atoms with Crippen LogP contribution in [0.1, 0.15) is 44.1 Å². The molecule has 0 saturated carbocycles. The van der Waals surface area contributed by atoms with Crippen LogP contribution < -0.4 is 14.4 Å². The van der Waals surface area contributed by atoms with E-state index in [2.05, 4.69) is 0 Å². The lowest BCUT2D eigenvalue weighted by atomic mass is 9.77. The number of para-hydroxylation sites is 2. The van der Waals surface area contributed by atoms with Crippen molar-refractivity contribution in [1.82, 2.24) is 0 Å². The van der Waals surface area contributed by atoms with Crippen molar-refractivity contribution in [3.05, 3.63) is 95.7 Å². The van der Waals surface area contributed by atoms with Crippen LogP contribution in [0.5, 0.6) is 17.2 Å². The third-order valence-electron chi connectivity index (χ3n) is 6.34. The van der Waals surface area contributed by atoms with E-state index in [0.717, 1.165) is 40.4 Å². The van der Waals surface area contributed by atoms with Crippen molar-refractivity contribution >= 4 is 17.4 Å². The largest absolute Gasteiger partial charge is 0.494 e. The van der Waals surface area contributed by atoms with Crippen LogP contribution in [0.2, 0.25) is 0 Å². The van der Waals surface area contributed by atoms with Crippen LogP contribution in [-0.2, 0) is 9.59 Å². The summed E-state index contributed by atoms with van der Waals surface area (Å²) in [5.41, 5.74) is 3.24. The molecule has 0 N–H and O–H groups in total. The van der Waals surface area contributed by atoms with Crippen molar-refractivity contribution < 1.29 is 19.1 Å². The summed E-state index contributed by atoms with van der Waals surface area (Å²) in [6.07, 6.45) is 2.19. The van der Waals surface area contributed by atoms with Gasteiger partial charge in [0.2, 0.25) is 5.91 Å². The fraction of sp³-hybridized carbons (Fsp3) is 0.241. The third-order valence-corrected chi connectivity index (χ3v) is 6.34. The van der Waals surface area contributed by atoms with Crippen molar-refractivity contribution in [2.24, 2.45) is 0 Å². The number of amides is 1. The smallest absolute Gasteiger partial charge is 0.232 e. The number of carbonyl (C=O) groups is 2. The van der Waals surface area contributed by atoms with Gasteiger partial charge in [-0.1, -0.05) is 36.4 Å². The number of rotatable bonds is 6. The van der Waals surface area contributed by atoms with E-state index in [4.69, 9.17) is 9.47 Å². The molecule has 5 heteroatoms. The topological polar surface area (TPSA) is 55.8 Å². The van der Waals surface area contributed by atoms with Gasteiger partial charge in [-0.15, -0.1) is 0 Å². The first-order chi connectivity index (χ1) is 16.7. The molecule has 5 nitrogen and oxygen atoms in total. The van der Waals surface area contributed by atoms with Gasteiger partial charge >= 0.3 is 0 Å². The minimum absolute atomic E-state index is 0.0125. The summed E-state index contributed by atoms with van der Waals surface area (Å²) >= 11 is 0. The Morgan fingerprint density at radius 3 is 2.32 bits per heavy atom. The maximum atomic E-state index is 13.5. The molecule has 2 aliphatic rings. The van der Waals surface area contributed by atoms with Crippen LogP contribution in [0.4, 0.5) is 5.69 Å². The molecule has 0 saturated heterocycles. The van der Waals surface area contributed by atoms with Gasteiger partial charge in [-0.05, 0) is 62.2 Å². The zero-order valence-electron chi connectivity index (χ0n) is 19.2. The van der Waals surface area contributed by atoms with Crippen LogP contribution in [0.25, 0.3) is 0 Å². The fourth-order valence-electron chi connectivity index (χ4n) is 4.90. The molecule has 0 aromatic heterocycles. The van der Waals surface area contributed by atoms with Crippen LogP contribution in [0.15, 0.2) is 90.1 Å². The van der Waals surface area contributed by atoms with Crippen LogP contribution >= 0.6 is 0 Å². The van der Waals surface area contributed by atoms with Crippen LogP contribution in [0, 0.1) is 0 Å². The Morgan fingerprint density at radius 1 is 0.853 bits per heavy atom. The van der Waals surface area contributed by atoms with Gasteiger partial charge in [0.1, 0.15) is 17.2 Å². The maximum absolute atomic E-state index is 13.5. The number of nitrogens with zero attached hydrogens (tertiary/aromatic N) is 1. The zero-order chi connectivity index (χ0) is 23.5. The highest BCUT2D eigenvalue weighted by Crippen LogP contribution is 2.45. The normalized spacial score (nSPS) is 18.0. The molecule has 3 aromatic carbocycles. The second-order valence-corrected chi connectivity index (χ2v) is 8.50. The number of carbonyl (C=O) groups excluding carboxylic acids is 2. The lowest BCUT2D eigenvalue weighted by Gasteiger charge is -2.38. The number of benzene rings is 3. The zero-order valence-corrected chi connectivity index (χ0v) is 19.2. The van der Waals surface area contributed by atoms with Gasteiger partial charge in [0.15, 0.2) is 5.78 Å². The number of hydrogen-bond acceptors (Lipinski definition) is 4. The first-order valence-electron chi connectivity index (χ1n) is 11.8. The molecule has 0 fully saturated rings. The molecule has 1 heterocycles. The van der Waals surface area contributed by atoms with Crippen molar-refractivity contribution in [1.29, 1.82) is 0 Å². The molecule has 5 rings (SSSR count). The van der Waals surface area contributed by atoms with E-state index in [9.17, 15) is 9.59 Å². The van der Waals surface area contributed by atoms with Gasteiger partial charge in [-0.3, -0.25) is 14.5 Å². The average Bonchev–Trinajstić information content (AvgIpc) is 2.86. The van der Waals surface area contributed by atoms with Gasteiger partial charge in [0.05, 0.1) is 6.61 Å². The minimum atomic E-state index is -0.282. The summed E-state index contributed by atoms with van der Waals surface area (Å²) in [5, 5.41) is 0. The second-order valence-electron chi connectivity index (χ2n) is 8.50. The summed E-state index contributed by atoms with van der Waals surface area (Å²) in [7, 11) is 0. The molecule has 0 bridgehead atoms. The Hall–Kier alpha value is -3.86. The molecular formula is C29H27NO4. The molecule has 1 amide bonds. The Balaban J connectivity index is 1.51. The SMILES string of the molecule is CCOc1ccccc1C1CC(=O)N(c2ccc(Oc3ccccc3)cc2)C2=C1C(=O)CCC2. The highest BCUT2D eigenvalue weighted by Gasteiger charge is 2.40. The van der Waals surface area contributed by atoms with Gasteiger partial charge in [0.25, 0.3) is 0 Å². The van der Waals surface area contributed by atoms with Crippen LogP contribution in [0.3, 0.4) is 0 Å². The predicted molar refractivity (Wildman–Crippen MR) is 131 cm³/mol. The number of anilines is 1. The third kappa shape index (κ3) is 4.21. The van der Waals surface area contributed by atoms with Gasteiger partial charge in [-0.2, -0.15) is 0 Å². The monoisotopic (exact) mass is 453 g/mol. The molecule has 1 unspecified atom stereocenters. The van der Waals surface area contributed by atoms with E-state index in [1.165, 1.54) is 0 Å². The first kappa shape index (κ1) is 22.0. The molecule has 3 aromatic rings. The van der Waals surface area contributed by atoms with Crippen molar-refractivity contribution in [3.63, 3.8) is 0 Å². The van der Waals surface area contributed by atoms with Gasteiger partial charge in [-0.25, -0.2) is 0 Å².